The smallest absolute Gasteiger partial charge is 0.0346 e. The molecule has 2 heteroatoms. The van der Waals surface area contributed by atoms with E-state index in [-0.39, 0.29) is 0 Å². The molecule has 0 radical (unpaired) electrons. The van der Waals surface area contributed by atoms with E-state index in [0.29, 0.717) is 0 Å². The first-order valence-corrected chi connectivity index (χ1v) is 6.81. The van der Waals surface area contributed by atoms with Gasteiger partial charge in [0.2, 0.25) is 0 Å². The lowest BCUT2D eigenvalue weighted by atomic mass is 9.85. The maximum Gasteiger partial charge on any atom is 0.0346 e. The molecule has 0 aromatic heterocycles. The Morgan fingerprint density at radius 3 is 2.76 bits per heavy atom. The minimum atomic E-state index is 0.799. The molecule has 3 rings (SSSR count). The third kappa shape index (κ3) is 1.95. The molecule has 2 aliphatic heterocycles. The lowest BCUT2D eigenvalue weighted by Gasteiger charge is -2.37. The summed E-state index contributed by atoms with van der Waals surface area (Å²) in [5.74, 6) is 0.809. The van der Waals surface area contributed by atoms with Crippen molar-refractivity contribution in [3.8, 4) is 0 Å². The van der Waals surface area contributed by atoms with Gasteiger partial charge in [-0.15, -0.1) is 0 Å². The molecule has 2 aliphatic rings. The number of nitrogens with two attached hydrogens (primary N) is 1. The Morgan fingerprint density at radius 2 is 1.94 bits per heavy atom. The molecule has 2 heterocycles. The van der Waals surface area contributed by atoms with Crippen LogP contribution in [0, 0.1) is 5.92 Å². The van der Waals surface area contributed by atoms with Gasteiger partial charge in [0.05, 0.1) is 0 Å². The lowest BCUT2D eigenvalue weighted by molar-refractivity contribution is 0.120. The standard InChI is InChI=1S/C15H22N2/c1-17-13-7-6-12(15(17)9-8-13)10-11-4-2-3-5-14(11)16/h2-5,12-13,15H,6-10,16H2,1H3/t12-,13+,15-/m1/s1. The zero-order chi connectivity index (χ0) is 11.8. The average molecular weight is 230 g/mol. The zero-order valence-electron chi connectivity index (χ0n) is 10.6. The van der Waals surface area contributed by atoms with E-state index in [1.807, 2.05) is 12.1 Å². The van der Waals surface area contributed by atoms with Crippen molar-refractivity contribution in [2.75, 3.05) is 12.8 Å². The Balaban J connectivity index is 1.75. The van der Waals surface area contributed by atoms with Crippen molar-refractivity contribution in [2.24, 2.45) is 5.92 Å². The van der Waals surface area contributed by atoms with Crippen LogP contribution in [0.3, 0.4) is 0 Å². The van der Waals surface area contributed by atoms with Crippen molar-refractivity contribution in [2.45, 2.75) is 44.2 Å². The molecule has 92 valence electrons. The van der Waals surface area contributed by atoms with Gasteiger partial charge in [0.25, 0.3) is 0 Å². The number of rotatable bonds is 2. The second-order valence-corrected chi connectivity index (χ2v) is 5.70. The monoisotopic (exact) mass is 230 g/mol. The highest BCUT2D eigenvalue weighted by atomic mass is 15.2. The van der Waals surface area contributed by atoms with Crippen LogP contribution in [0.4, 0.5) is 5.69 Å². The predicted octanol–water partition coefficient (Wildman–Crippen LogP) is 2.68. The molecular weight excluding hydrogens is 208 g/mol. The quantitative estimate of drug-likeness (QED) is 0.791. The van der Waals surface area contributed by atoms with Crippen molar-refractivity contribution in [3.05, 3.63) is 29.8 Å². The van der Waals surface area contributed by atoms with Crippen molar-refractivity contribution < 1.29 is 0 Å². The van der Waals surface area contributed by atoms with Crippen LogP contribution in [0.15, 0.2) is 24.3 Å². The molecule has 0 unspecified atom stereocenters. The van der Waals surface area contributed by atoms with E-state index in [1.54, 1.807) is 0 Å². The van der Waals surface area contributed by atoms with Gasteiger partial charge in [0.1, 0.15) is 0 Å². The van der Waals surface area contributed by atoms with Gasteiger partial charge in [-0.05, 0) is 56.7 Å². The van der Waals surface area contributed by atoms with Gasteiger partial charge >= 0.3 is 0 Å². The third-order valence-corrected chi connectivity index (χ3v) is 4.85. The van der Waals surface area contributed by atoms with E-state index < -0.39 is 0 Å². The SMILES string of the molecule is CN1[C@H]2CC[C@H](Cc3ccccc3N)[C@H]1CC2. The Labute approximate surface area is 104 Å². The Hall–Kier alpha value is -1.02. The summed E-state index contributed by atoms with van der Waals surface area (Å²) in [6, 6.07) is 10.0. The van der Waals surface area contributed by atoms with E-state index in [0.717, 1.165) is 30.1 Å². The summed E-state index contributed by atoms with van der Waals surface area (Å²) in [6.45, 7) is 0. The number of fused-ring (bicyclic) bond motifs is 2. The topological polar surface area (TPSA) is 29.3 Å². The molecule has 17 heavy (non-hydrogen) atoms. The molecule has 2 bridgehead atoms. The summed E-state index contributed by atoms with van der Waals surface area (Å²) < 4.78 is 0. The summed E-state index contributed by atoms with van der Waals surface area (Å²) in [4.78, 5) is 2.62. The van der Waals surface area contributed by atoms with Crippen LogP contribution >= 0.6 is 0 Å². The normalized spacial score (nSPS) is 32.9. The van der Waals surface area contributed by atoms with Crippen LogP contribution < -0.4 is 5.73 Å². The molecule has 2 nitrogen and oxygen atoms in total. The number of nitrogen functional groups attached to an aromatic ring is 1. The first-order chi connectivity index (χ1) is 8.25. The van der Waals surface area contributed by atoms with Gasteiger partial charge in [0.15, 0.2) is 0 Å². The minimum Gasteiger partial charge on any atom is -0.399 e. The van der Waals surface area contributed by atoms with Gasteiger partial charge < -0.3 is 10.6 Å². The highest BCUT2D eigenvalue weighted by molar-refractivity contribution is 5.46. The maximum atomic E-state index is 6.06. The number of benzene rings is 1. The number of hydrogen-bond acceptors (Lipinski definition) is 2. The van der Waals surface area contributed by atoms with Crippen LogP contribution in [0.5, 0.6) is 0 Å². The fraction of sp³-hybridized carbons (Fsp3) is 0.600. The first kappa shape index (κ1) is 11.1. The second-order valence-electron chi connectivity index (χ2n) is 5.70. The number of anilines is 1. The molecule has 0 amide bonds. The van der Waals surface area contributed by atoms with Crippen molar-refractivity contribution in [3.63, 3.8) is 0 Å². The minimum absolute atomic E-state index is 0.799. The van der Waals surface area contributed by atoms with Gasteiger partial charge in [-0.3, -0.25) is 0 Å². The van der Waals surface area contributed by atoms with Crippen LogP contribution in [-0.4, -0.2) is 24.0 Å². The number of piperidine rings is 1. The third-order valence-electron chi connectivity index (χ3n) is 4.85. The summed E-state index contributed by atoms with van der Waals surface area (Å²) >= 11 is 0. The van der Waals surface area contributed by atoms with Gasteiger partial charge in [-0.25, -0.2) is 0 Å². The molecule has 0 saturated carbocycles. The largest absolute Gasteiger partial charge is 0.399 e. The van der Waals surface area contributed by atoms with Crippen LogP contribution in [0.1, 0.15) is 31.2 Å². The van der Waals surface area contributed by atoms with E-state index in [9.17, 15) is 0 Å². The molecule has 3 atom stereocenters. The van der Waals surface area contributed by atoms with E-state index in [1.165, 1.54) is 31.2 Å². The van der Waals surface area contributed by atoms with Crippen molar-refractivity contribution in [1.29, 1.82) is 0 Å². The maximum absolute atomic E-state index is 6.06. The zero-order valence-corrected chi connectivity index (χ0v) is 10.6. The fourth-order valence-corrected chi connectivity index (χ4v) is 3.80. The number of hydrogen-bond donors (Lipinski definition) is 1. The van der Waals surface area contributed by atoms with Crippen LogP contribution in [0.2, 0.25) is 0 Å². The molecule has 2 saturated heterocycles. The van der Waals surface area contributed by atoms with Crippen molar-refractivity contribution in [1.82, 2.24) is 4.90 Å². The summed E-state index contributed by atoms with van der Waals surface area (Å²) in [5.41, 5.74) is 8.37. The fourth-order valence-electron chi connectivity index (χ4n) is 3.80. The first-order valence-electron chi connectivity index (χ1n) is 6.81. The summed E-state index contributed by atoms with van der Waals surface area (Å²) in [7, 11) is 2.31. The molecular formula is C15H22N2. The van der Waals surface area contributed by atoms with E-state index in [4.69, 9.17) is 5.73 Å². The van der Waals surface area contributed by atoms with Gasteiger partial charge in [0, 0.05) is 17.8 Å². The van der Waals surface area contributed by atoms with Gasteiger partial charge in [-0.1, -0.05) is 18.2 Å². The van der Waals surface area contributed by atoms with Crippen LogP contribution in [-0.2, 0) is 6.42 Å². The van der Waals surface area contributed by atoms with E-state index >= 15 is 0 Å². The summed E-state index contributed by atoms with van der Waals surface area (Å²) in [6.07, 6.45) is 6.72. The van der Waals surface area contributed by atoms with Crippen LogP contribution in [0.25, 0.3) is 0 Å². The Kier molecular flexibility index (Phi) is 2.83. The lowest BCUT2D eigenvalue weighted by Crippen LogP contribution is -2.42. The highest BCUT2D eigenvalue weighted by Gasteiger charge is 2.39. The van der Waals surface area contributed by atoms with E-state index in [2.05, 4.69) is 24.1 Å². The highest BCUT2D eigenvalue weighted by Crippen LogP contribution is 2.39. The number of nitrogens with zero attached hydrogens (tertiary/aromatic N) is 1. The Morgan fingerprint density at radius 1 is 1.18 bits per heavy atom. The van der Waals surface area contributed by atoms with Crippen molar-refractivity contribution >= 4 is 5.69 Å². The van der Waals surface area contributed by atoms with Gasteiger partial charge in [-0.2, -0.15) is 0 Å². The summed E-state index contributed by atoms with van der Waals surface area (Å²) in [5, 5.41) is 0. The molecule has 1 aromatic carbocycles. The number of para-hydroxylation sites is 1. The molecule has 2 fully saturated rings. The Bertz CT molecular complexity index is 402. The average Bonchev–Trinajstić information content (AvgIpc) is 2.57. The molecule has 2 N–H and O–H groups in total. The second kappa shape index (κ2) is 4.34. The predicted molar refractivity (Wildman–Crippen MR) is 71.9 cm³/mol. The molecule has 0 spiro atoms. The molecule has 0 aliphatic carbocycles. The molecule has 1 aromatic rings.